The van der Waals surface area contributed by atoms with Crippen molar-refractivity contribution in [2.75, 3.05) is 6.61 Å². The minimum Gasteiger partial charge on any atom is -0.484 e. The van der Waals surface area contributed by atoms with Crippen LogP contribution >= 0.6 is 11.6 Å². The first-order valence-corrected chi connectivity index (χ1v) is 13.8. The Morgan fingerprint density at radius 2 is 1.66 bits per heavy atom. The zero-order chi connectivity index (χ0) is 26.9. The van der Waals surface area contributed by atoms with Gasteiger partial charge in [-0.3, -0.25) is 9.59 Å². The van der Waals surface area contributed by atoms with Crippen LogP contribution in [0.3, 0.4) is 0 Å². The molecule has 0 spiro atoms. The van der Waals surface area contributed by atoms with E-state index in [1.54, 1.807) is 17.0 Å². The van der Waals surface area contributed by atoms with Crippen LogP contribution in [0.5, 0.6) is 5.75 Å². The Morgan fingerprint density at radius 3 is 2.34 bits per heavy atom. The number of hydrogen-bond acceptors (Lipinski definition) is 3. The van der Waals surface area contributed by atoms with Crippen molar-refractivity contribution in [2.45, 2.75) is 71.0 Å². The third-order valence-electron chi connectivity index (χ3n) is 7.19. The number of nitrogens with one attached hydrogen (secondary N) is 1. The summed E-state index contributed by atoms with van der Waals surface area (Å²) in [5, 5.41) is 3.91. The van der Waals surface area contributed by atoms with Gasteiger partial charge < -0.3 is 15.0 Å². The van der Waals surface area contributed by atoms with E-state index in [4.69, 9.17) is 16.3 Å². The molecule has 0 aromatic heterocycles. The zero-order valence-electron chi connectivity index (χ0n) is 22.3. The van der Waals surface area contributed by atoms with E-state index in [0.717, 1.165) is 47.9 Å². The summed E-state index contributed by atoms with van der Waals surface area (Å²) in [4.78, 5) is 29.2. The number of rotatable bonds is 10. The van der Waals surface area contributed by atoms with Crippen molar-refractivity contribution >= 4 is 23.4 Å². The smallest absolute Gasteiger partial charge is 0.261 e. The Kier molecular flexibility index (Phi) is 9.83. The van der Waals surface area contributed by atoms with Gasteiger partial charge in [-0.05, 0) is 61.6 Å². The molecule has 1 atom stereocenters. The van der Waals surface area contributed by atoms with Gasteiger partial charge in [0.05, 0.1) is 0 Å². The van der Waals surface area contributed by atoms with Crippen molar-refractivity contribution in [3.05, 3.63) is 100 Å². The molecule has 6 heteroatoms. The van der Waals surface area contributed by atoms with Crippen molar-refractivity contribution in [3.8, 4) is 5.75 Å². The quantitative estimate of drug-likeness (QED) is 0.327. The Labute approximate surface area is 231 Å². The molecule has 0 radical (unpaired) electrons. The van der Waals surface area contributed by atoms with E-state index >= 15 is 0 Å². The van der Waals surface area contributed by atoms with Gasteiger partial charge in [-0.2, -0.15) is 0 Å². The highest BCUT2D eigenvalue weighted by Gasteiger charge is 2.32. The normalized spacial score (nSPS) is 14.5. The van der Waals surface area contributed by atoms with Crippen LogP contribution in [0.4, 0.5) is 0 Å². The first-order valence-electron chi connectivity index (χ1n) is 13.5. The van der Waals surface area contributed by atoms with Gasteiger partial charge in [0, 0.05) is 24.0 Å². The molecule has 0 bridgehead atoms. The third kappa shape index (κ3) is 7.84. The van der Waals surface area contributed by atoms with Crippen LogP contribution in [0.2, 0.25) is 5.02 Å². The highest BCUT2D eigenvalue weighted by molar-refractivity contribution is 6.31. The Hall–Kier alpha value is -3.31. The van der Waals surface area contributed by atoms with Crippen LogP contribution in [0, 0.1) is 13.8 Å². The molecule has 0 aliphatic heterocycles. The molecule has 1 aliphatic rings. The maximum absolute atomic E-state index is 13.8. The van der Waals surface area contributed by atoms with Crippen molar-refractivity contribution < 1.29 is 14.3 Å². The molecular formula is C32H37ClN2O3. The largest absolute Gasteiger partial charge is 0.484 e. The van der Waals surface area contributed by atoms with Gasteiger partial charge in [0.25, 0.3) is 5.91 Å². The Morgan fingerprint density at radius 1 is 0.947 bits per heavy atom. The summed E-state index contributed by atoms with van der Waals surface area (Å²) in [6, 6.07) is 22.8. The summed E-state index contributed by atoms with van der Waals surface area (Å²) >= 11 is 6.15. The number of amides is 2. The summed E-state index contributed by atoms with van der Waals surface area (Å²) in [5.74, 6) is 0.225. The van der Waals surface area contributed by atoms with Crippen LogP contribution in [0.1, 0.15) is 54.4 Å². The molecule has 1 N–H and O–H groups in total. The highest BCUT2D eigenvalue weighted by Crippen LogP contribution is 2.22. The number of carbonyl (C=O) groups is 2. The SMILES string of the molecule is Cc1ccc(CN(C(=O)COc2ccc(Cl)c(C)c2)[C@H](Cc2ccccc2)C(=O)NC2CCCCC2)cc1. The minimum atomic E-state index is -0.663. The number of halogens is 1. The van der Waals surface area contributed by atoms with Gasteiger partial charge in [-0.15, -0.1) is 0 Å². The van der Waals surface area contributed by atoms with Crippen molar-refractivity contribution in [1.29, 1.82) is 0 Å². The van der Waals surface area contributed by atoms with Gasteiger partial charge >= 0.3 is 0 Å². The fourth-order valence-corrected chi connectivity index (χ4v) is 5.04. The molecule has 1 fully saturated rings. The van der Waals surface area contributed by atoms with Gasteiger partial charge in [-0.25, -0.2) is 0 Å². The Balaban J connectivity index is 1.60. The predicted molar refractivity (Wildman–Crippen MR) is 152 cm³/mol. The molecule has 0 saturated heterocycles. The number of ether oxygens (including phenoxy) is 1. The molecule has 3 aromatic carbocycles. The maximum Gasteiger partial charge on any atom is 0.261 e. The topological polar surface area (TPSA) is 58.6 Å². The predicted octanol–water partition coefficient (Wildman–Crippen LogP) is 6.42. The van der Waals surface area contributed by atoms with E-state index in [2.05, 4.69) is 5.32 Å². The lowest BCUT2D eigenvalue weighted by Crippen LogP contribution is -2.53. The molecule has 0 heterocycles. The minimum absolute atomic E-state index is 0.108. The van der Waals surface area contributed by atoms with Crippen LogP contribution in [-0.4, -0.2) is 35.4 Å². The number of aryl methyl sites for hydroxylation is 2. The van der Waals surface area contributed by atoms with Gasteiger partial charge in [0.1, 0.15) is 11.8 Å². The number of hydrogen-bond donors (Lipinski definition) is 1. The summed E-state index contributed by atoms with van der Waals surface area (Å²) in [7, 11) is 0. The highest BCUT2D eigenvalue weighted by atomic mass is 35.5. The summed E-state index contributed by atoms with van der Waals surface area (Å²) in [6.07, 6.45) is 5.84. The van der Waals surface area contributed by atoms with E-state index in [1.165, 1.54) is 6.42 Å². The molecule has 3 aromatic rings. The average Bonchev–Trinajstić information content (AvgIpc) is 2.93. The maximum atomic E-state index is 13.8. The molecule has 4 rings (SSSR count). The molecule has 1 aliphatic carbocycles. The lowest BCUT2D eigenvalue weighted by atomic mass is 9.94. The molecule has 200 valence electrons. The van der Waals surface area contributed by atoms with Crippen LogP contribution in [0.15, 0.2) is 72.8 Å². The van der Waals surface area contributed by atoms with E-state index in [-0.39, 0.29) is 24.5 Å². The number of carbonyl (C=O) groups excluding carboxylic acids is 2. The number of benzene rings is 3. The second kappa shape index (κ2) is 13.5. The molecule has 38 heavy (non-hydrogen) atoms. The van der Waals surface area contributed by atoms with Gasteiger partial charge in [0.15, 0.2) is 6.61 Å². The van der Waals surface area contributed by atoms with Crippen LogP contribution in [-0.2, 0) is 22.6 Å². The van der Waals surface area contributed by atoms with E-state index < -0.39 is 6.04 Å². The molecule has 2 amide bonds. The van der Waals surface area contributed by atoms with Crippen LogP contribution < -0.4 is 10.1 Å². The van der Waals surface area contributed by atoms with Gasteiger partial charge in [0.2, 0.25) is 5.91 Å². The second-order valence-electron chi connectivity index (χ2n) is 10.3. The monoisotopic (exact) mass is 532 g/mol. The summed E-state index contributed by atoms with van der Waals surface area (Å²) in [5.41, 5.74) is 3.99. The van der Waals surface area contributed by atoms with E-state index in [0.29, 0.717) is 23.7 Å². The molecule has 0 unspecified atom stereocenters. The summed E-state index contributed by atoms with van der Waals surface area (Å²) in [6.45, 7) is 4.07. The first-order chi connectivity index (χ1) is 18.4. The standard InChI is InChI=1S/C32H37ClN2O3/c1-23-13-15-26(16-14-23)21-35(31(36)22-38-28-17-18-29(33)24(2)19-28)30(20-25-9-5-3-6-10-25)32(37)34-27-11-7-4-8-12-27/h3,5-6,9-10,13-19,27,30H,4,7-8,11-12,20-22H2,1-2H3,(H,34,37)/t30-/m1/s1. The summed E-state index contributed by atoms with van der Waals surface area (Å²) < 4.78 is 5.89. The van der Waals surface area contributed by atoms with Crippen LogP contribution in [0.25, 0.3) is 0 Å². The Bertz CT molecular complexity index is 1210. The van der Waals surface area contributed by atoms with Crippen molar-refractivity contribution in [3.63, 3.8) is 0 Å². The lowest BCUT2D eigenvalue weighted by Gasteiger charge is -2.33. The fraction of sp³-hybridized carbons (Fsp3) is 0.375. The first kappa shape index (κ1) is 27.7. The van der Waals surface area contributed by atoms with E-state index in [1.807, 2.05) is 74.5 Å². The zero-order valence-corrected chi connectivity index (χ0v) is 23.0. The fourth-order valence-electron chi connectivity index (χ4n) is 4.92. The second-order valence-corrected chi connectivity index (χ2v) is 10.7. The van der Waals surface area contributed by atoms with Gasteiger partial charge in [-0.1, -0.05) is 91.0 Å². The molecule has 1 saturated carbocycles. The lowest BCUT2D eigenvalue weighted by molar-refractivity contribution is -0.143. The number of nitrogens with zero attached hydrogens (tertiary/aromatic N) is 1. The van der Waals surface area contributed by atoms with Crippen molar-refractivity contribution in [2.24, 2.45) is 0 Å². The third-order valence-corrected chi connectivity index (χ3v) is 7.61. The average molecular weight is 533 g/mol. The van der Waals surface area contributed by atoms with E-state index in [9.17, 15) is 9.59 Å². The van der Waals surface area contributed by atoms with Crippen molar-refractivity contribution in [1.82, 2.24) is 10.2 Å². The molecular weight excluding hydrogens is 496 g/mol. The molecule has 5 nitrogen and oxygen atoms in total.